The number of nitrogens with zero attached hydrogens (tertiary/aromatic N) is 2. The molecule has 3 atom stereocenters. The first kappa shape index (κ1) is 16.3. The van der Waals surface area contributed by atoms with Crippen molar-refractivity contribution >= 4 is 50.5 Å². The van der Waals surface area contributed by atoms with Crippen LogP contribution >= 0.6 is 32.5 Å². The van der Waals surface area contributed by atoms with Crippen molar-refractivity contribution in [2.75, 3.05) is 14.2 Å². The van der Waals surface area contributed by atoms with Gasteiger partial charge in [0.25, 0.3) is 0 Å². The van der Waals surface area contributed by atoms with Crippen molar-refractivity contribution in [3.05, 3.63) is 29.8 Å². The molecule has 0 aromatic heterocycles. The largest absolute Gasteiger partial charge is 0.488 e. The van der Waals surface area contributed by atoms with Crippen molar-refractivity contribution in [1.29, 1.82) is 0 Å². The summed E-state index contributed by atoms with van der Waals surface area (Å²) in [6.07, 6.45) is 1.74. The predicted molar refractivity (Wildman–Crippen MR) is 90.1 cm³/mol. The molecule has 0 aliphatic carbocycles. The minimum Gasteiger partial charge on any atom is -0.466 e. The zero-order chi connectivity index (χ0) is 13.5. The summed E-state index contributed by atoms with van der Waals surface area (Å²) in [5.41, 5.74) is 0.987. The highest BCUT2D eigenvalue weighted by Crippen LogP contribution is 2.53. The van der Waals surface area contributed by atoms with Gasteiger partial charge in [-0.2, -0.15) is 4.52 Å². The van der Waals surface area contributed by atoms with E-state index in [9.17, 15) is 0 Å². The van der Waals surface area contributed by atoms with Gasteiger partial charge in [0.05, 0.1) is 20.4 Å². The monoisotopic (exact) mass is 339 g/mol. The molecule has 0 fully saturated rings. The fourth-order valence-electron chi connectivity index (χ4n) is 1.05. The van der Waals surface area contributed by atoms with Gasteiger partial charge >= 0.3 is 7.07 Å². The van der Waals surface area contributed by atoms with Gasteiger partial charge in [0.1, 0.15) is 13.3 Å². The Labute approximate surface area is 119 Å². The van der Waals surface area contributed by atoms with Gasteiger partial charge in [-0.25, -0.2) is 0 Å². The highest BCUT2D eigenvalue weighted by atomic mass is 32.4. The molecule has 0 radical (unpaired) electrons. The summed E-state index contributed by atoms with van der Waals surface area (Å²) in [4.78, 5) is 0. The first-order valence-corrected chi connectivity index (χ1v) is 11.6. The van der Waals surface area contributed by atoms with Gasteiger partial charge in [0, 0.05) is 0 Å². The van der Waals surface area contributed by atoms with Gasteiger partial charge in [-0.05, 0) is 29.8 Å². The van der Waals surface area contributed by atoms with Gasteiger partial charge < -0.3 is 4.52 Å². The molecule has 18 heavy (non-hydrogen) atoms. The second-order valence-electron chi connectivity index (χ2n) is 3.17. The molecular weight excluding hydrogens is 324 g/mol. The van der Waals surface area contributed by atoms with Crippen LogP contribution in [0.15, 0.2) is 29.4 Å². The number of hydrazone groups is 1. The molecule has 9 heteroatoms. The zero-order valence-corrected chi connectivity index (χ0v) is 15.0. The summed E-state index contributed by atoms with van der Waals surface area (Å²) in [5.74, 6) is 0.846. The van der Waals surface area contributed by atoms with Crippen LogP contribution in [-0.2, 0) is 16.3 Å². The minimum atomic E-state index is -1.06. The fraction of sp³-hybridized carbons (Fsp3) is 0.222. The van der Waals surface area contributed by atoms with Crippen molar-refractivity contribution < 1.29 is 9.05 Å². The van der Waals surface area contributed by atoms with Crippen molar-refractivity contribution in [3.63, 3.8) is 0 Å². The van der Waals surface area contributed by atoms with E-state index in [1.165, 1.54) is 0 Å². The summed E-state index contributed by atoms with van der Waals surface area (Å²) in [7, 11) is 7.00. The summed E-state index contributed by atoms with van der Waals surface area (Å²) in [6, 6.07) is 7.72. The van der Waals surface area contributed by atoms with Crippen LogP contribution in [0.4, 0.5) is 0 Å². The number of hydrogen-bond acceptors (Lipinski definition) is 4. The van der Waals surface area contributed by atoms with Crippen LogP contribution in [0.3, 0.4) is 0 Å². The van der Waals surface area contributed by atoms with Crippen molar-refractivity contribution in [3.8, 4) is 5.75 Å². The molecule has 0 aliphatic rings. The van der Waals surface area contributed by atoms with E-state index in [1.54, 1.807) is 25.2 Å². The van der Waals surface area contributed by atoms with E-state index >= 15 is 0 Å². The molecule has 0 bridgehead atoms. The van der Waals surface area contributed by atoms with Gasteiger partial charge in [-0.1, -0.05) is 22.6 Å². The van der Waals surface area contributed by atoms with Crippen LogP contribution in [0.1, 0.15) is 5.56 Å². The first-order chi connectivity index (χ1) is 8.52. The second kappa shape index (κ2) is 8.43. The fourth-order valence-corrected chi connectivity index (χ4v) is 2.64. The Kier molecular flexibility index (Phi) is 7.64. The molecule has 1 aromatic rings. The van der Waals surface area contributed by atoms with E-state index < -0.39 is 14.6 Å². The summed E-state index contributed by atoms with van der Waals surface area (Å²) in [5, 5.41) is 4.22. The predicted octanol–water partition coefficient (Wildman–Crippen LogP) is 3.73. The molecule has 0 heterocycles. The summed E-state index contributed by atoms with van der Waals surface area (Å²) < 4.78 is 12.2. The average molecular weight is 339 g/mol. The molecule has 98 valence electrons. The average Bonchev–Trinajstić information content (AvgIpc) is 2.36. The lowest BCUT2D eigenvalue weighted by Crippen LogP contribution is -2.00. The van der Waals surface area contributed by atoms with Crippen molar-refractivity contribution in [2.45, 2.75) is 0 Å². The third kappa shape index (κ3) is 5.93. The van der Waals surface area contributed by atoms with Crippen molar-refractivity contribution in [2.24, 2.45) is 5.10 Å². The van der Waals surface area contributed by atoms with Gasteiger partial charge in [0.15, 0.2) is 0 Å². The molecule has 0 saturated heterocycles. The third-order valence-electron chi connectivity index (χ3n) is 1.86. The molecule has 4 nitrogen and oxygen atoms in total. The van der Waals surface area contributed by atoms with Gasteiger partial charge in [-0.3, -0.25) is 0 Å². The summed E-state index contributed by atoms with van der Waals surface area (Å²) in [6.45, 7) is 0. The van der Waals surface area contributed by atoms with Crippen LogP contribution in [0.25, 0.3) is 0 Å². The maximum atomic E-state index is 5.55. The number of rotatable bonds is 6. The van der Waals surface area contributed by atoms with Crippen LogP contribution in [0.5, 0.6) is 5.75 Å². The van der Waals surface area contributed by atoms with Gasteiger partial charge in [0.2, 0.25) is 11.8 Å². The van der Waals surface area contributed by atoms with Crippen LogP contribution in [-0.4, -0.2) is 25.2 Å². The lowest BCUT2D eigenvalue weighted by Gasteiger charge is -2.08. The van der Waals surface area contributed by atoms with Crippen molar-refractivity contribution in [1.82, 2.24) is 4.78 Å². The van der Waals surface area contributed by atoms with E-state index in [1.807, 2.05) is 24.3 Å². The Bertz CT molecular complexity index is 427. The summed E-state index contributed by atoms with van der Waals surface area (Å²) >= 11 is 5.08. The lowest BCUT2D eigenvalue weighted by molar-refractivity contribution is 0.421. The second-order valence-corrected chi connectivity index (χ2v) is 11.3. The van der Waals surface area contributed by atoms with Gasteiger partial charge in [-0.15, -0.1) is 5.10 Å². The maximum absolute atomic E-state index is 5.55. The van der Waals surface area contributed by atoms with Crippen LogP contribution in [0.2, 0.25) is 0 Å². The normalized spacial score (nSPS) is 11.9. The standard InChI is InChI=1S/C9H15N2O2P4S/c1-11(16(18)12-2)10-7-8-3-5-9(6-4-8)13-17(14)15/h3-7H,14-15H2,1-2H3/q+1/b10-7-. The molecule has 0 spiro atoms. The highest BCUT2D eigenvalue weighted by molar-refractivity contribution is 8.41. The molecule has 1 rings (SSSR count). The third-order valence-corrected chi connectivity index (χ3v) is 4.96. The topological polar surface area (TPSA) is 34.1 Å². The Balaban J connectivity index is 2.63. The van der Waals surface area contributed by atoms with Crippen LogP contribution in [0, 0.1) is 0 Å². The minimum absolute atomic E-state index is 0.552. The van der Waals surface area contributed by atoms with Crippen LogP contribution < -0.4 is 4.52 Å². The molecule has 0 saturated carbocycles. The quantitative estimate of drug-likeness (QED) is 0.449. The van der Waals surface area contributed by atoms with E-state index in [0.29, 0.717) is 0 Å². The van der Waals surface area contributed by atoms with E-state index in [4.69, 9.17) is 20.9 Å². The molecular formula is C9H15N2O2P4S+. The zero-order valence-electron chi connectivity index (χ0n) is 10.1. The Morgan fingerprint density at radius 3 is 2.50 bits per heavy atom. The molecule has 1 aromatic carbocycles. The smallest absolute Gasteiger partial charge is 0.466 e. The number of hydrogen-bond donors (Lipinski definition) is 0. The highest BCUT2D eigenvalue weighted by Gasteiger charge is 2.14. The van der Waals surface area contributed by atoms with E-state index in [2.05, 4.69) is 23.0 Å². The molecule has 3 unspecified atom stereocenters. The SMILES string of the molecule is CO[P+](=S)N(C)/N=C\c1ccc(OP(P)P)cc1. The first-order valence-electron chi connectivity index (χ1n) is 4.89. The Morgan fingerprint density at radius 2 is 2.00 bits per heavy atom. The number of benzene rings is 1. The molecule has 0 N–H and O–H groups in total. The maximum Gasteiger partial charge on any atom is 0.488 e. The molecule has 0 aliphatic heterocycles. The molecule has 0 amide bonds. The Hall–Kier alpha value is 0.260. The Morgan fingerprint density at radius 1 is 1.39 bits per heavy atom. The van der Waals surface area contributed by atoms with E-state index in [0.717, 1.165) is 11.3 Å². The lowest BCUT2D eigenvalue weighted by atomic mass is 10.2. The van der Waals surface area contributed by atoms with E-state index in [-0.39, 0.29) is 0 Å².